The predicted molar refractivity (Wildman–Crippen MR) is 89.9 cm³/mol. The second-order valence-electron chi connectivity index (χ2n) is 4.35. The first-order valence-electron chi connectivity index (χ1n) is 6.03. The Morgan fingerprint density at radius 3 is 2.62 bits per heavy atom. The van der Waals surface area contributed by atoms with Gasteiger partial charge in [0.2, 0.25) is 0 Å². The zero-order valence-electron chi connectivity index (χ0n) is 10.8. The maximum absolute atomic E-state index is 12.1. The van der Waals surface area contributed by atoms with Gasteiger partial charge in [0, 0.05) is 14.8 Å². The van der Waals surface area contributed by atoms with Crippen LogP contribution in [-0.4, -0.2) is 17.0 Å². The van der Waals surface area contributed by atoms with Gasteiger partial charge in [0.05, 0.1) is 11.4 Å². The lowest BCUT2D eigenvalue weighted by atomic mass is 10.1. The summed E-state index contributed by atoms with van der Waals surface area (Å²) in [5.41, 5.74) is 1.62. The van der Waals surface area contributed by atoms with Gasteiger partial charge in [0.25, 0.3) is 5.91 Å². The second kappa shape index (κ2) is 6.91. The van der Waals surface area contributed by atoms with Crippen molar-refractivity contribution in [2.24, 2.45) is 0 Å². The van der Waals surface area contributed by atoms with Crippen molar-refractivity contribution in [3.05, 3.63) is 62.2 Å². The molecule has 2 rings (SSSR count). The van der Waals surface area contributed by atoms with Crippen molar-refractivity contribution < 1.29 is 14.7 Å². The van der Waals surface area contributed by atoms with Crippen LogP contribution in [0.3, 0.4) is 0 Å². The highest BCUT2D eigenvalue weighted by molar-refractivity contribution is 14.1. The average Bonchev–Trinajstić information content (AvgIpc) is 2.41. The summed E-state index contributed by atoms with van der Waals surface area (Å²) in [6.45, 7) is 0. The quantitative estimate of drug-likeness (QED) is 0.746. The molecule has 0 saturated heterocycles. The lowest BCUT2D eigenvalue weighted by Gasteiger charge is -2.07. The van der Waals surface area contributed by atoms with Crippen molar-refractivity contribution >= 4 is 51.8 Å². The molecule has 0 atom stereocenters. The van der Waals surface area contributed by atoms with Crippen molar-refractivity contribution in [3.8, 4) is 0 Å². The van der Waals surface area contributed by atoms with E-state index in [0.29, 0.717) is 21.8 Å². The average molecular weight is 416 g/mol. The summed E-state index contributed by atoms with van der Waals surface area (Å²) < 4.78 is 0.870. The maximum Gasteiger partial charge on any atom is 0.307 e. The molecule has 0 aromatic heterocycles. The van der Waals surface area contributed by atoms with Crippen LogP contribution in [0.4, 0.5) is 5.69 Å². The first-order valence-corrected chi connectivity index (χ1v) is 7.48. The molecule has 0 saturated carbocycles. The maximum atomic E-state index is 12.1. The van der Waals surface area contributed by atoms with Crippen molar-refractivity contribution in [2.45, 2.75) is 6.42 Å². The number of carboxylic acids is 1. The molecule has 0 unspecified atom stereocenters. The number of carboxylic acid groups (broad SMARTS) is 1. The highest BCUT2D eigenvalue weighted by Gasteiger charge is 2.09. The summed E-state index contributed by atoms with van der Waals surface area (Å²) in [7, 11) is 0. The fraction of sp³-hybridized carbons (Fsp3) is 0.0667. The van der Waals surface area contributed by atoms with Crippen LogP contribution in [0.5, 0.6) is 0 Å². The standard InChI is InChI=1S/C15H11ClINO3/c16-12-8-10(4-5-13(12)17)15(21)18-11-3-1-2-9(6-11)7-14(19)20/h1-6,8H,7H2,(H,18,21)(H,19,20). The molecule has 0 spiro atoms. The molecule has 0 aliphatic carbocycles. The van der Waals surface area contributed by atoms with Gasteiger partial charge in [0.1, 0.15) is 0 Å². The first kappa shape index (κ1) is 15.8. The van der Waals surface area contributed by atoms with Crippen LogP contribution >= 0.6 is 34.2 Å². The summed E-state index contributed by atoms with van der Waals surface area (Å²) >= 11 is 8.07. The molecule has 4 nitrogen and oxygen atoms in total. The van der Waals surface area contributed by atoms with Crippen LogP contribution in [-0.2, 0) is 11.2 Å². The van der Waals surface area contributed by atoms with Gasteiger partial charge < -0.3 is 10.4 Å². The normalized spacial score (nSPS) is 10.2. The lowest BCUT2D eigenvalue weighted by molar-refractivity contribution is -0.136. The molecule has 0 radical (unpaired) electrons. The molecule has 6 heteroatoms. The second-order valence-corrected chi connectivity index (χ2v) is 5.92. The van der Waals surface area contributed by atoms with Crippen molar-refractivity contribution in [3.63, 3.8) is 0 Å². The third kappa shape index (κ3) is 4.44. The minimum atomic E-state index is -0.914. The predicted octanol–water partition coefficient (Wildman–Crippen LogP) is 3.82. The number of carbonyl (C=O) groups excluding carboxylic acids is 1. The van der Waals surface area contributed by atoms with Crippen LogP contribution in [0.2, 0.25) is 5.02 Å². The Labute approximate surface area is 140 Å². The zero-order chi connectivity index (χ0) is 15.4. The minimum Gasteiger partial charge on any atom is -0.481 e. The van der Waals surface area contributed by atoms with Crippen LogP contribution in [0, 0.1) is 3.57 Å². The number of halogens is 2. The van der Waals surface area contributed by atoms with Gasteiger partial charge in [-0.05, 0) is 58.5 Å². The van der Waals surface area contributed by atoms with E-state index in [-0.39, 0.29) is 12.3 Å². The third-order valence-electron chi connectivity index (χ3n) is 2.72. The van der Waals surface area contributed by atoms with E-state index in [4.69, 9.17) is 16.7 Å². The van der Waals surface area contributed by atoms with Crippen LogP contribution in [0.1, 0.15) is 15.9 Å². The molecule has 0 bridgehead atoms. The Bertz CT molecular complexity index is 703. The number of benzene rings is 2. The van der Waals surface area contributed by atoms with E-state index in [1.54, 1.807) is 42.5 Å². The third-order valence-corrected chi connectivity index (χ3v) is 4.29. The van der Waals surface area contributed by atoms with E-state index in [1.165, 1.54) is 0 Å². The van der Waals surface area contributed by atoms with Gasteiger partial charge in [0.15, 0.2) is 0 Å². The van der Waals surface area contributed by atoms with E-state index < -0.39 is 5.97 Å². The first-order chi connectivity index (χ1) is 9.95. The van der Waals surface area contributed by atoms with Crippen LogP contribution < -0.4 is 5.32 Å². The number of aliphatic carboxylic acids is 1. The number of nitrogens with one attached hydrogen (secondary N) is 1. The fourth-order valence-electron chi connectivity index (χ4n) is 1.77. The highest BCUT2D eigenvalue weighted by Crippen LogP contribution is 2.20. The molecule has 2 aromatic rings. The molecular weight excluding hydrogens is 405 g/mol. The molecule has 2 aromatic carbocycles. The summed E-state index contributed by atoms with van der Waals surface area (Å²) in [6.07, 6.45) is -0.0843. The molecule has 108 valence electrons. The number of amides is 1. The van der Waals surface area contributed by atoms with Crippen molar-refractivity contribution in [2.75, 3.05) is 5.32 Å². The summed E-state index contributed by atoms with van der Waals surface area (Å²) in [6, 6.07) is 11.8. The molecular formula is C15H11ClINO3. The fourth-order valence-corrected chi connectivity index (χ4v) is 2.29. The SMILES string of the molecule is O=C(O)Cc1cccc(NC(=O)c2ccc(I)c(Cl)c2)c1. The van der Waals surface area contributed by atoms with E-state index in [1.807, 2.05) is 0 Å². The molecule has 2 N–H and O–H groups in total. The Morgan fingerprint density at radius 2 is 1.95 bits per heavy atom. The Kier molecular flexibility index (Phi) is 5.19. The monoisotopic (exact) mass is 415 g/mol. The van der Waals surface area contributed by atoms with E-state index in [0.717, 1.165) is 3.57 Å². The summed E-state index contributed by atoms with van der Waals surface area (Å²) in [5.74, 6) is -1.20. The highest BCUT2D eigenvalue weighted by atomic mass is 127. The molecule has 0 aliphatic heterocycles. The number of anilines is 1. The van der Waals surface area contributed by atoms with Gasteiger partial charge >= 0.3 is 5.97 Å². The molecule has 0 heterocycles. The van der Waals surface area contributed by atoms with E-state index in [2.05, 4.69) is 27.9 Å². The van der Waals surface area contributed by atoms with Gasteiger partial charge in [-0.25, -0.2) is 0 Å². The Morgan fingerprint density at radius 1 is 1.19 bits per heavy atom. The lowest BCUT2D eigenvalue weighted by Crippen LogP contribution is -2.12. The van der Waals surface area contributed by atoms with E-state index in [9.17, 15) is 9.59 Å². The van der Waals surface area contributed by atoms with Gasteiger partial charge in [-0.3, -0.25) is 9.59 Å². The Hall–Kier alpha value is -1.60. The van der Waals surface area contributed by atoms with Gasteiger partial charge in [-0.1, -0.05) is 23.7 Å². The number of rotatable bonds is 4. The topological polar surface area (TPSA) is 66.4 Å². The molecule has 0 fully saturated rings. The molecule has 1 amide bonds. The zero-order valence-corrected chi connectivity index (χ0v) is 13.7. The van der Waals surface area contributed by atoms with Crippen LogP contribution in [0.15, 0.2) is 42.5 Å². The largest absolute Gasteiger partial charge is 0.481 e. The summed E-state index contributed by atoms with van der Waals surface area (Å²) in [5, 5.41) is 12.0. The number of carbonyl (C=O) groups is 2. The smallest absolute Gasteiger partial charge is 0.307 e. The summed E-state index contributed by atoms with van der Waals surface area (Å²) in [4.78, 5) is 22.8. The number of hydrogen-bond donors (Lipinski definition) is 2. The molecule has 0 aliphatic rings. The van der Waals surface area contributed by atoms with Crippen molar-refractivity contribution in [1.29, 1.82) is 0 Å². The number of hydrogen-bond acceptors (Lipinski definition) is 2. The van der Waals surface area contributed by atoms with E-state index >= 15 is 0 Å². The van der Waals surface area contributed by atoms with Crippen LogP contribution in [0.25, 0.3) is 0 Å². The molecule has 21 heavy (non-hydrogen) atoms. The Balaban J connectivity index is 2.15. The van der Waals surface area contributed by atoms with Gasteiger partial charge in [-0.2, -0.15) is 0 Å². The minimum absolute atomic E-state index is 0.0843. The van der Waals surface area contributed by atoms with Crippen molar-refractivity contribution in [1.82, 2.24) is 0 Å². The van der Waals surface area contributed by atoms with Gasteiger partial charge in [-0.15, -0.1) is 0 Å².